The Kier molecular flexibility index (Phi) is 5.83. The highest BCUT2D eigenvalue weighted by molar-refractivity contribution is 7.06. The van der Waals surface area contributed by atoms with Gasteiger partial charge in [0.15, 0.2) is 5.69 Å². The van der Waals surface area contributed by atoms with E-state index < -0.39 is 11.9 Å². The van der Waals surface area contributed by atoms with E-state index >= 15 is 0 Å². The van der Waals surface area contributed by atoms with E-state index in [9.17, 15) is 13.2 Å². The molecule has 30 heavy (non-hydrogen) atoms. The van der Waals surface area contributed by atoms with Gasteiger partial charge in [-0.2, -0.15) is 17.5 Å². The van der Waals surface area contributed by atoms with Crippen molar-refractivity contribution < 1.29 is 17.9 Å². The van der Waals surface area contributed by atoms with Crippen LogP contribution in [0.3, 0.4) is 0 Å². The van der Waals surface area contributed by atoms with Crippen LogP contribution in [-0.2, 0) is 12.8 Å². The largest absolute Gasteiger partial charge is 0.473 e. The number of benzene rings is 1. The van der Waals surface area contributed by atoms with Crippen molar-refractivity contribution in [1.29, 1.82) is 0 Å². The molecule has 0 bridgehead atoms. The molecule has 1 aliphatic rings. The summed E-state index contributed by atoms with van der Waals surface area (Å²) in [5.41, 5.74) is 0.833. The fourth-order valence-corrected chi connectivity index (χ4v) is 4.75. The van der Waals surface area contributed by atoms with Gasteiger partial charge in [0.25, 0.3) is 0 Å². The molecule has 0 atom stereocenters. The summed E-state index contributed by atoms with van der Waals surface area (Å²) in [5, 5.41) is 3.40. The first-order chi connectivity index (χ1) is 14.3. The summed E-state index contributed by atoms with van der Waals surface area (Å²) in [5.74, 6) is 0.256. The molecule has 4 rings (SSSR count). The van der Waals surface area contributed by atoms with Gasteiger partial charge in [-0.1, -0.05) is 29.3 Å². The van der Waals surface area contributed by atoms with Crippen LogP contribution in [0.5, 0.6) is 5.88 Å². The van der Waals surface area contributed by atoms with Gasteiger partial charge in [0.05, 0.1) is 21.4 Å². The molecule has 2 aromatic heterocycles. The number of rotatable bonds is 6. The summed E-state index contributed by atoms with van der Waals surface area (Å²) in [6.45, 7) is 0.0163. The van der Waals surface area contributed by atoms with Crippen LogP contribution >= 0.6 is 34.7 Å². The Hall–Kier alpha value is -2.03. The number of nitrogens with one attached hydrogen (secondary N) is 1. The zero-order chi connectivity index (χ0) is 21.5. The van der Waals surface area contributed by atoms with E-state index in [1.807, 2.05) is 0 Å². The van der Waals surface area contributed by atoms with E-state index in [4.69, 9.17) is 27.9 Å². The molecule has 2 heterocycles. The van der Waals surface area contributed by atoms with Crippen molar-refractivity contribution in [2.45, 2.75) is 31.5 Å². The van der Waals surface area contributed by atoms with Crippen LogP contribution in [0.25, 0.3) is 11.3 Å². The third-order valence-corrected chi connectivity index (χ3v) is 6.42. The first kappa shape index (κ1) is 21.2. The zero-order valence-electron chi connectivity index (χ0n) is 15.7. The van der Waals surface area contributed by atoms with Gasteiger partial charge in [-0.25, -0.2) is 4.98 Å². The predicted molar refractivity (Wildman–Crippen MR) is 113 cm³/mol. The number of alkyl halides is 3. The van der Waals surface area contributed by atoms with Gasteiger partial charge in [0.1, 0.15) is 6.61 Å². The second-order valence-corrected chi connectivity index (χ2v) is 8.45. The summed E-state index contributed by atoms with van der Waals surface area (Å²) >= 11 is 14.1. The Bertz CT molecular complexity index is 1060. The maximum atomic E-state index is 13.3. The van der Waals surface area contributed by atoms with Gasteiger partial charge < -0.3 is 10.1 Å². The molecule has 1 fully saturated rings. The van der Waals surface area contributed by atoms with Gasteiger partial charge in [-0.3, -0.25) is 0 Å². The molecule has 0 amide bonds. The second-order valence-electron chi connectivity index (χ2n) is 6.83. The molecular weight excluding hydrogens is 458 g/mol. The highest BCUT2D eigenvalue weighted by atomic mass is 35.5. The highest BCUT2D eigenvalue weighted by Gasteiger charge is 2.36. The number of aromatic nitrogens is 2. The van der Waals surface area contributed by atoms with Crippen LogP contribution in [-0.4, -0.2) is 16.4 Å². The van der Waals surface area contributed by atoms with E-state index in [2.05, 4.69) is 14.7 Å². The molecular formula is C20H16Cl2F3N3OS. The molecule has 0 spiro atoms. The molecule has 10 heteroatoms. The average molecular weight is 474 g/mol. The maximum Gasteiger partial charge on any atom is 0.435 e. The minimum atomic E-state index is -4.60. The monoisotopic (exact) mass is 473 g/mol. The Balaban J connectivity index is 1.68. The van der Waals surface area contributed by atoms with Crippen LogP contribution in [0.2, 0.25) is 10.0 Å². The summed E-state index contributed by atoms with van der Waals surface area (Å²) in [7, 11) is 1.41. The third-order valence-electron chi connectivity index (χ3n) is 4.74. The Morgan fingerprint density at radius 2 is 1.87 bits per heavy atom. The van der Waals surface area contributed by atoms with Crippen LogP contribution < -0.4 is 10.1 Å². The van der Waals surface area contributed by atoms with Crippen molar-refractivity contribution in [1.82, 2.24) is 9.36 Å². The van der Waals surface area contributed by atoms with Crippen molar-refractivity contribution in [2.24, 2.45) is 0 Å². The van der Waals surface area contributed by atoms with E-state index in [0.29, 0.717) is 27.2 Å². The number of hydrogen-bond donors (Lipinski definition) is 1. The molecule has 0 unspecified atom stereocenters. The lowest BCUT2D eigenvalue weighted by molar-refractivity contribution is -0.140. The molecule has 158 valence electrons. The lowest BCUT2D eigenvalue weighted by Gasteiger charge is -2.14. The molecule has 1 aliphatic carbocycles. The standard InChI is InChI=1S/C20H16Cl2F3N3OS/c1-26-14-7-8-15(27-19(14)20(23,24)25)29-9-11-17(28-30-18(11)10-5-6-10)16-12(21)3-2-4-13(16)22/h2-4,7-8,10,26H,5-6,9H2,1H3. The summed E-state index contributed by atoms with van der Waals surface area (Å²) in [4.78, 5) is 4.71. The van der Waals surface area contributed by atoms with E-state index in [0.717, 1.165) is 23.3 Å². The average Bonchev–Trinajstić information content (AvgIpc) is 3.46. The van der Waals surface area contributed by atoms with Crippen LogP contribution in [0.4, 0.5) is 18.9 Å². The molecule has 1 aromatic carbocycles. The fourth-order valence-electron chi connectivity index (χ4n) is 3.13. The number of nitrogens with zero attached hydrogens (tertiary/aromatic N) is 2. The summed E-state index contributed by atoms with van der Waals surface area (Å²) in [6.07, 6.45) is -2.52. The van der Waals surface area contributed by atoms with Crippen molar-refractivity contribution >= 4 is 40.4 Å². The van der Waals surface area contributed by atoms with Crippen molar-refractivity contribution in [3.05, 3.63) is 56.5 Å². The van der Waals surface area contributed by atoms with E-state index in [-0.39, 0.29) is 18.2 Å². The Morgan fingerprint density at radius 3 is 2.47 bits per heavy atom. The van der Waals surface area contributed by atoms with Crippen molar-refractivity contribution in [2.75, 3.05) is 12.4 Å². The van der Waals surface area contributed by atoms with Crippen molar-refractivity contribution in [3.8, 4) is 17.1 Å². The normalized spacial score (nSPS) is 14.1. The SMILES string of the molecule is CNc1ccc(OCc2c(-c3c(Cl)cccc3Cl)nsc2C2CC2)nc1C(F)(F)F. The number of pyridine rings is 1. The summed E-state index contributed by atoms with van der Waals surface area (Å²) < 4.78 is 50.1. The molecule has 3 aromatic rings. The number of hydrogen-bond acceptors (Lipinski definition) is 5. The summed E-state index contributed by atoms with van der Waals surface area (Å²) in [6, 6.07) is 7.88. The maximum absolute atomic E-state index is 13.3. The molecule has 0 aliphatic heterocycles. The molecule has 4 nitrogen and oxygen atoms in total. The topological polar surface area (TPSA) is 47.0 Å². The Labute approximate surface area is 185 Å². The smallest absolute Gasteiger partial charge is 0.435 e. The fraction of sp³-hybridized carbons (Fsp3) is 0.300. The molecule has 0 radical (unpaired) electrons. The Morgan fingerprint density at radius 1 is 1.17 bits per heavy atom. The van der Waals surface area contributed by atoms with Crippen LogP contribution in [0.15, 0.2) is 30.3 Å². The third kappa shape index (κ3) is 4.22. The number of ether oxygens (including phenoxy) is 1. The molecule has 0 saturated heterocycles. The quantitative estimate of drug-likeness (QED) is 0.417. The second kappa shape index (κ2) is 8.24. The number of halogens is 5. The van der Waals surface area contributed by atoms with Crippen molar-refractivity contribution in [3.63, 3.8) is 0 Å². The van der Waals surface area contributed by atoms with Gasteiger partial charge >= 0.3 is 6.18 Å². The minimum Gasteiger partial charge on any atom is -0.473 e. The first-order valence-corrected chi connectivity index (χ1v) is 10.6. The van der Waals surface area contributed by atoms with E-state index in [1.165, 1.54) is 30.7 Å². The van der Waals surface area contributed by atoms with E-state index in [1.54, 1.807) is 18.2 Å². The van der Waals surface area contributed by atoms with Gasteiger partial charge in [-0.05, 0) is 48.5 Å². The van der Waals surface area contributed by atoms with Gasteiger partial charge in [0, 0.05) is 29.1 Å². The molecule has 1 saturated carbocycles. The van der Waals surface area contributed by atoms with Crippen LogP contribution in [0.1, 0.15) is 34.9 Å². The van der Waals surface area contributed by atoms with Gasteiger partial charge in [-0.15, -0.1) is 0 Å². The minimum absolute atomic E-state index is 0.0163. The molecule has 1 N–H and O–H groups in total. The van der Waals surface area contributed by atoms with Crippen LogP contribution in [0, 0.1) is 0 Å². The zero-order valence-corrected chi connectivity index (χ0v) is 18.0. The lowest BCUT2D eigenvalue weighted by atomic mass is 10.0. The number of anilines is 1. The lowest BCUT2D eigenvalue weighted by Crippen LogP contribution is -2.12. The first-order valence-electron chi connectivity index (χ1n) is 9.11. The predicted octanol–water partition coefficient (Wildman–Crippen LogP) is 7.03. The highest BCUT2D eigenvalue weighted by Crippen LogP contribution is 2.48. The van der Waals surface area contributed by atoms with Gasteiger partial charge in [0.2, 0.25) is 5.88 Å².